The van der Waals surface area contributed by atoms with Crippen LogP contribution in [0.25, 0.3) is 10.9 Å². The number of aromatic amines is 1. The van der Waals surface area contributed by atoms with Crippen LogP contribution in [-0.2, 0) is 6.42 Å². The summed E-state index contributed by atoms with van der Waals surface area (Å²) < 4.78 is 2.11. The number of aromatic nitrogens is 3. The lowest BCUT2D eigenvalue weighted by atomic mass is 10.0. The molecule has 1 aliphatic heterocycles. The molecule has 1 N–H and O–H groups in total. The van der Waals surface area contributed by atoms with Gasteiger partial charge in [0.1, 0.15) is 0 Å². The van der Waals surface area contributed by atoms with Crippen LogP contribution in [0.1, 0.15) is 41.7 Å². The quantitative estimate of drug-likeness (QED) is 0.803. The van der Waals surface area contributed by atoms with Crippen LogP contribution in [0.2, 0.25) is 0 Å². The van der Waals surface area contributed by atoms with Crippen LogP contribution in [-0.4, -0.2) is 38.4 Å². The first-order valence-corrected chi connectivity index (χ1v) is 8.63. The Balaban J connectivity index is 1.62. The van der Waals surface area contributed by atoms with E-state index in [1.807, 2.05) is 35.8 Å². The number of fused-ring (bicyclic) bond motifs is 1. The van der Waals surface area contributed by atoms with Gasteiger partial charge >= 0.3 is 0 Å². The van der Waals surface area contributed by atoms with Gasteiger partial charge in [-0.1, -0.05) is 25.1 Å². The average Bonchev–Trinajstić information content (AvgIpc) is 3.30. The topological polar surface area (TPSA) is 53.9 Å². The minimum atomic E-state index is 0.124. The Labute approximate surface area is 141 Å². The van der Waals surface area contributed by atoms with E-state index in [2.05, 4.69) is 27.5 Å². The maximum absolute atomic E-state index is 13.1. The third-order valence-electron chi connectivity index (χ3n) is 5.04. The molecule has 1 atom stereocenters. The number of amides is 1. The maximum atomic E-state index is 13.1. The molecule has 2 aromatic heterocycles. The van der Waals surface area contributed by atoms with E-state index >= 15 is 0 Å². The van der Waals surface area contributed by atoms with Crippen molar-refractivity contribution in [2.24, 2.45) is 0 Å². The van der Waals surface area contributed by atoms with Gasteiger partial charge in [0.25, 0.3) is 5.91 Å². The molecule has 124 valence electrons. The zero-order valence-corrected chi connectivity index (χ0v) is 13.9. The average molecular weight is 322 g/mol. The number of H-pyrrole nitrogens is 1. The Kier molecular flexibility index (Phi) is 3.84. The molecule has 1 aromatic carbocycles. The smallest absolute Gasteiger partial charge is 0.256 e. The van der Waals surface area contributed by atoms with E-state index in [-0.39, 0.29) is 5.91 Å². The fraction of sp³-hybridized carbons (Fsp3) is 0.368. The number of benzene rings is 1. The summed E-state index contributed by atoms with van der Waals surface area (Å²) in [6, 6.07) is 6.51. The van der Waals surface area contributed by atoms with Gasteiger partial charge in [-0.15, -0.1) is 0 Å². The van der Waals surface area contributed by atoms with Crippen LogP contribution in [0.5, 0.6) is 0 Å². The number of hydrogen-bond acceptors (Lipinski definition) is 2. The van der Waals surface area contributed by atoms with E-state index in [0.717, 1.165) is 48.8 Å². The van der Waals surface area contributed by atoms with E-state index in [4.69, 9.17) is 0 Å². The first-order valence-electron chi connectivity index (χ1n) is 8.63. The summed E-state index contributed by atoms with van der Waals surface area (Å²) in [6.07, 6.45) is 10.6. The number of nitrogens with one attached hydrogen (secondary N) is 1. The molecule has 5 nitrogen and oxygen atoms in total. The van der Waals surface area contributed by atoms with Gasteiger partial charge in [0.05, 0.1) is 17.9 Å². The monoisotopic (exact) mass is 322 g/mol. The summed E-state index contributed by atoms with van der Waals surface area (Å²) >= 11 is 0. The number of aryl methyl sites for hydroxylation is 1. The highest BCUT2D eigenvalue weighted by atomic mass is 16.2. The predicted octanol–water partition coefficient (Wildman–Crippen LogP) is 3.40. The highest BCUT2D eigenvalue weighted by Gasteiger charge is 2.26. The Morgan fingerprint density at radius 2 is 2.33 bits per heavy atom. The maximum Gasteiger partial charge on any atom is 0.256 e. The molecule has 1 amide bonds. The number of carbonyl (C=O) groups is 1. The number of nitrogens with zero attached hydrogens (tertiary/aromatic N) is 3. The zero-order chi connectivity index (χ0) is 16.5. The highest BCUT2D eigenvalue weighted by Crippen LogP contribution is 2.27. The van der Waals surface area contributed by atoms with E-state index in [0.29, 0.717) is 6.04 Å². The molecule has 4 rings (SSSR count). The molecule has 0 saturated carbocycles. The van der Waals surface area contributed by atoms with Gasteiger partial charge in [-0.05, 0) is 24.8 Å². The third kappa shape index (κ3) is 2.50. The fourth-order valence-corrected chi connectivity index (χ4v) is 3.73. The SMILES string of the molecule is CCc1cccc2c(C(=O)N3CCCC(n4ccnc4)C3)c[nH]c12. The van der Waals surface area contributed by atoms with Gasteiger partial charge in [0.15, 0.2) is 0 Å². The van der Waals surface area contributed by atoms with Crippen LogP contribution in [0.15, 0.2) is 43.1 Å². The largest absolute Gasteiger partial charge is 0.360 e. The minimum Gasteiger partial charge on any atom is -0.360 e. The van der Waals surface area contributed by atoms with Crippen molar-refractivity contribution in [1.29, 1.82) is 0 Å². The minimum absolute atomic E-state index is 0.124. The van der Waals surface area contributed by atoms with Gasteiger partial charge in [-0.25, -0.2) is 4.98 Å². The molecule has 0 bridgehead atoms. The Hall–Kier alpha value is -2.56. The molecule has 0 aliphatic carbocycles. The molecule has 5 heteroatoms. The van der Waals surface area contributed by atoms with Gasteiger partial charge in [0.2, 0.25) is 0 Å². The lowest BCUT2D eigenvalue weighted by Crippen LogP contribution is -2.40. The van der Waals surface area contributed by atoms with Crippen molar-refractivity contribution in [2.75, 3.05) is 13.1 Å². The lowest BCUT2D eigenvalue weighted by molar-refractivity contribution is 0.0681. The molecule has 1 aliphatic rings. The molecule has 1 fully saturated rings. The van der Waals surface area contributed by atoms with Crippen LogP contribution in [0.4, 0.5) is 0 Å². The molecule has 0 spiro atoms. The Morgan fingerprint density at radius 3 is 3.12 bits per heavy atom. The number of imidazole rings is 1. The molecule has 1 saturated heterocycles. The Bertz CT molecular complexity index is 850. The first kappa shape index (κ1) is 15.0. The van der Waals surface area contributed by atoms with Crippen LogP contribution in [0.3, 0.4) is 0 Å². The van der Waals surface area contributed by atoms with Crippen LogP contribution in [0, 0.1) is 0 Å². The first-order chi connectivity index (χ1) is 11.8. The van der Waals surface area contributed by atoms with Crippen molar-refractivity contribution in [3.63, 3.8) is 0 Å². The Morgan fingerprint density at radius 1 is 1.42 bits per heavy atom. The molecule has 3 aromatic rings. The van der Waals surface area contributed by atoms with Crippen LogP contribution < -0.4 is 0 Å². The van der Waals surface area contributed by atoms with Gasteiger partial charge in [-0.3, -0.25) is 4.79 Å². The van der Waals surface area contributed by atoms with E-state index in [1.165, 1.54) is 5.56 Å². The van der Waals surface area contributed by atoms with Crippen molar-refractivity contribution in [3.8, 4) is 0 Å². The van der Waals surface area contributed by atoms with Crippen molar-refractivity contribution >= 4 is 16.8 Å². The van der Waals surface area contributed by atoms with Crippen molar-refractivity contribution in [2.45, 2.75) is 32.2 Å². The third-order valence-corrected chi connectivity index (χ3v) is 5.04. The molecule has 3 heterocycles. The zero-order valence-electron chi connectivity index (χ0n) is 13.9. The summed E-state index contributed by atoms with van der Waals surface area (Å²) in [5.41, 5.74) is 3.12. The summed E-state index contributed by atoms with van der Waals surface area (Å²) in [5, 5.41) is 1.03. The molecule has 1 unspecified atom stereocenters. The normalized spacial score (nSPS) is 18.2. The second-order valence-corrected chi connectivity index (χ2v) is 6.45. The van der Waals surface area contributed by atoms with E-state index < -0.39 is 0 Å². The number of piperidine rings is 1. The fourth-order valence-electron chi connectivity index (χ4n) is 3.73. The number of carbonyl (C=O) groups excluding carboxylic acids is 1. The second-order valence-electron chi connectivity index (χ2n) is 6.45. The number of para-hydroxylation sites is 1. The van der Waals surface area contributed by atoms with Crippen LogP contribution >= 0.6 is 0 Å². The number of hydrogen-bond donors (Lipinski definition) is 1. The molecular formula is C19H22N4O. The number of likely N-dealkylation sites (tertiary alicyclic amines) is 1. The van der Waals surface area contributed by atoms with E-state index in [9.17, 15) is 4.79 Å². The molecule has 24 heavy (non-hydrogen) atoms. The lowest BCUT2D eigenvalue weighted by Gasteiger charge is -2.33. The highest BCUT2D eigenvalue weighted by molar-refractivity contribution is 6.07. The van der Waals surface area contributed by atoms with Crippen molar-refractivity contribution < 1.29 is 4.79 Å². The van der Waals surface area contributed by atoms with Gasteiger partial charge in [-0.2, -0.15) is 0 Å². The van der Waals surface area contributed by atoms with E-state index in [1.54, 1.807) is 6.20 Å². The summed E-state index contributed by atoms with van der Waals surface area (Å²) in [4.78, 5) is 22.5. The standard InChI is InChI=1S/C19H22N4O/c1-2-14-5-3-7-16-17(11-21-18(14)16)19(24)22-9-4-6-15(12-22)23-10-8-20-13-23/h3,5,7-8,10-11,13,15,21H,2,4,6,9,12H2,1H3. The summed E-state index contributed by atoms with van der Waals surface area (Å²) in [6.45, 7) is 3.71. The number of rotatable bonds is 3. The second kappa shape index (κ2) is 6.15. The summed E-state index contributed by atoms with van der Waals surface area (Å²) in [5.74, 6) is 0.124. The molecule has 0 radical (unpaired) electrons. The van der Waals surface area contributed by atoms with Gasteiger partial charge in [0, 0.05) is 42.6 Å². The summed E-state index contributed by atoms with van der Waals surface area (Å²) in [7, 11) is 0. The predicted molar refractivity (Wildman–Crippen MR) is 94.1 cm³/mol. The molecular weight excluding hydrogens is 300 g/mol. The van der Waals surface area contributed by atoms with Gasteiger partial charge < -0.3 is 14.5 Å². The van der Waals surface area contributed by atoms with Crippen molar-refractivity contribution in [3.05, 3.63) is 54.2 Å². The van der Waals surface area contributed by atoms with Crippen molar-refractivity contribution in [1.82, 2.24) is 19.4 Å².